The molecule has 0 bridgehead atoms. The van der Waals surface area contributed by atoms with Crippen molar-refractivity contribution in [3.05, 3.63) is 18.0 Å². The molecule has 0 aliphatic heterocycles. The molecule has 5 heteroatoms. The molecule has 1 aromatic heterocycles. The van der Waals surface area contributed by atoms with Crippen LogP contribution in [-0.2, 0) is 4.79 Å². The van der Waals surface area contributed by atoms with Crippen molar-refractivity contribution in [3.63, 3.8) is 0 Å². The first kappa shape index (κ1) is 12.7. The topological polar surface area (TPSA) is 69.8 Å². The summed E-state index contributed by atoms with van der Waals surface area (Å²) in [7, 11) is 0. The summed E-state index contributed by atoms with van der Waals surface area (Å²) in [5, 5.41) is 12.6. The number of H-pyrrole nitrogens is 1. The van der Waals surface area contributed by atoms with Gasteiger partial charge in [0.05, 0.1) is 18.8 Å². The maximum atomic E-state index is 11.6. The van der Waals surface area contributed by atoms with Crippen molar-refractivity contribution in [3.8, 4) is 0 Å². The molecule has 0 radical (unpaired) electrons. The zero-order valence-electron chi connectivity index (χ0n) is 10.3. The van der Waals surface area contributed by atoms with E-state index in [1.165, 1.54) is 0 Å². The van der Waals surface area contributed by atoms with Crippen molar-refractivity contribution in [2.24, 2.45) is 0 Å². The van der Waals surface area contributed by atoms with Crippen molar-refractivity contribution in [2.75, 3.05) is 6.54 Å². The second-order valence-electron chi connectivity index (χ2n) is 4.92. The van der Waals surface area contributed by atoms with Gasteiger partial charge in [-0.05, 0) is 27.7 Å². The highest BCUT2D eigenvalue weighted by Crippen LogP contribution is 2.08. The molecule has 1 amide bonds. The van der Waals surface area contributed by atoms with Gasteiger partial charge >= 0.3 is 0 Å². The van der Waals surface area contributed by atoms with E-state index in [1.54, 1.807) is 12.4 Å². The standard InChI is InChI=1S/C11H20N4O/c1-8(9-5-13-14-6-9)15-10(16)7-12-11(2,3)4/h5-6,8,12H,7H2,1-4H3,(H,13,14)(H,15,16). The number of aromatic nitrogens is 2. The predicted molar refractivity (Wildman–Crippen MR) is 62.9 cm³/mol. The zero-order chi connectivity index (χ0) is 12.2. The van der Waals surface area contributed by atoms with Crippen molar-refractivity contribution in [1.82, 2.24) is 20.8 Å². The number of nitrogens with zero attached hydrogens (tertiary/aromatic N) is 1. The molecule has 1 rings (SSSR count). The number of carbonyl (C=O) groups is 1. The number of aromatic amines is 1. The SMILES string of the molecule is CC(NC(=O)CNC(C)(C)C)c1cn[nH]c1. The van der Waals surface area contributed by atoms with Crippen LogP contribution in [0.25, 0.3) is 0 Å². The zero-order valence-corrected chi connectivity index (χ0v) is 10.3. The molecule has 5 nitrogen and oxygen atoms in total. The van der Waals surface area contributed by atoms with Crippen molar-refractivity contribution >= 4 is 5.91 Å². The summed E-state index contributed by atoms with van der Waals surface area (Å²) < 4.78 is 0. The fraction of sp³-hybridized carbons (Fsp3) is 0.636. The van der Waals surface area contributed by atoms with E-state index in [4.69, 9.17) is 0 Å². The van der Waals surface area contributed by atoms with Gasteiger partial charge in [-0.2, -0.15) is 5.10 Å². The average molecular weight is 224 g/mol. The van der Waals surface area contributed by atoms with E-state index >= 15 is 0 Å². The number of hydrogen-bond acceptors (Lipinski definition) is 3. The smallest absolute Gasteiger partial charge is 0.234 e. The minimum atomic E-state index is -0.0454. The number of nitrogens with one attached hydrogen (secondary N) is 3. The van der Waals surface area contributed by atoms with Crippen molar-refractivity contribution < 1.29 is 4.79 Å². The van der Waals surface area contributed by atoms with Crippen LogP contribution < -0.4 is 10.6 Å². The second-order valence-corrected chi connectivity index (χ2v) is 4.92. The van der Waals surface area contributed by atoms with Gasteiger partial charge in [-0.15, -0.1) is 0 Å². The van der Waals surface area contributed by atoms with E-state index in [0.717, 1.165) is 5.56 Å². The highest BCUT2D eigenvalue weighted by atomic mass is 16.2. The highest BCUT2D eigenvalue weighted by Gasteiger charge is 2.13. The third-order valence-corrected chi connectivity index (χ3v) is 2.18. The van der Waals surface area contributed by atoms with E-state index in [9.17, 15) is 4.79 Å². The number of hydrogen-bond donors (Lipinski definition) is 3. The Bertz CT molecular complexity index is 326. The minimum Gasteiger partial charge on any atom is -0.348 e. The number of rotatable bonds is 4. The van der Waals surface area contributed by atoms with Gasteiger partial charge in [0.2, 0.25) is 5.91 Å². The van der Waals surface area contributed by atoms with E-state index in [2.05, 4.69) is 20.8 Å². The lowest BCUT2D eigenvalue weighted by atomic mass is 10.1. The van der Waals surface area contributed by atoms with Crippen LogP contribution in [0.4, 0.5) is 0 Å². The maximum absolute atomic E-state index is 11.6. The number of carbonyl (C=O) groups excluding carboxylic acids is 1. The summed E-state index contributed by atoms with van der Waals surface area (Å²) in [5.74, 6) is -0.0105. The molecule has 0 saturated carbocycles. The van der Waals surface area contributed by atoms with Crippen molar-refractivity contribution in [2.45, 2.75) is 39.3 Å². The molecule has 0 fully saturated rings. The lowest BCUT2D eigenvalue weighted by Crippen LogP contribution is -2.43. The lowest BCUT2D eigenvalue weighted by molar-refractivity contribution is -0.121. The number of amides is 1. The molecular formula is C11H20N4O. The molecular weight excluding hydrogens is 204 g/mol. The van der Waals surface area contributed by atoms with E-state index in [-0.39, 0.29) is 17.5 Å². The molecule has 1 unspecified atom stereocenters. The van der Waals surface area contributed by atoms with Crippen LogP contribution in [0.1, 0.15) is 39.3 Å². The normalized spacial score (nSPS) is 13.5. The molecule has 0 aromatic carbocycles. The summed E-state index contributed by atoms with van der Waals surface area (Å²) in [6, 6.07) is -0.0204. The van der Waals surface area contributed by atoms with Crippen LogP contribution in [0.2, 0.25) is 0 Å². The third kappa shape index (κ3) is 4.44. The highest BCUT2D eigenvalue weighted by molar-refractivity contribution is 5.78. The summed E-state index contributed by atoms with van der Waals surface area (Å²) in [6.07, 6.45) is 3.49. The molecule has 1 aromatic rings. The van der Waals surface area contributed by atoms with Crippen LogP contribution >= 0.6 is 0 Å². The maximum Gasteiger partial charge on any atom is 0.234 e. The second kappa shape index (κ2) is 5.12. The predicted octanol–water partition coefficient (Wildman–Crippen LogP) is 0.975. The van der Waals surface area contributed by atoms with Crippen LogP contribution in [0.15, 0.2) is 12.4 Å². The molecule has 0 aliphatic carbocycles. The van der Waals surface area contributed by atoms with Crippen LogP contribution in [0.5, 0.6) is 0 Å². The summed E-state index contributed by atoms with van der Waals surface area (Å²) in [4.78, 5) is 11.6. The largest absolute Gasteiger partial charge is 0.348 e. The first-order valence-electron chi connectivity index (χ1n) is 5.41. The first-order chi connectivity index (χ1) is 7.38. The molecule has 0 spiro atoms. The van der Waals surface area contributed by atoms with Gasteiger partial charge in [0.1, 0.15) is 0 Å². The first-order valence-corrected chi connectivity index (χ1v) is 5.41. The van der Waals surface area contributed by atoms with Gasteiger partial charge in [0, 0.05) is 17.3 Å². The van der Waals surface area contributed by atoms with E-state index in [1.807, 2.05) is 27.7 Å². The Morgan fingerprint density at radius 2 is 2.25 bits per heavy atom. The Morgan fingerprint density at radius 1 is 1.56 bits per heavy atom. The van der Waals surface area contributed by atoms with Gasteiger partial charge in [-0.3, -0.25) is 9.89 Å². The van der Waals surface area contributed by atoms with Gasteiger partial charge in [0.15, 0.2) is 0 Å². The van der Waals surface area contributed by atoms with E-state index < -0.39 is 0 Å². The Kier molecular flexibility index (Phi) is 4.06. The Balaban J connectivity index is 2.35. The van der Waals surface area contributed by atoms with Gasteiger partial charge < -0.3 is 10.6 Å². The molecule has 1 atom stereocenters. The summed E-state index contributed by atoms with van der Waals surface area (Å²) in [6.45, 7) is 8.34. The van der Waals surface area contributed by atoms with Crippen LogP contribution in [-0.4, -0.2) is 28.2 Å². The van der Waals surface area contributed by atoms with Gasteiger partial charge in [0.25, 0.3) is 0 Å². The fourth-order valence-electron chi connectivity index (χ4n) is 1.22. The molecule has 0 saturated heterocycles. The fourth-order valence-corrected chi connectivity index (χ4v) is 1.22. The van der Waals surface area contributed by atoms with Crippen LogP contribution in [0, 0.1) is 0 Å². The van der Waals surface area contributed by atoms with Crippen LogP contribution in [0.3, 0.4) is 0 Å². The monoisotopic (exact) mass is 224 g/mol. The quantitative estimate of drug-likeness (QED) is 0.714. The van der Waals surface area contributed by atoms with Crippen molar-refractivity contribution in [1.29, 1.82) is 0 Å². The molecule has 3 N–H and O–H groups in total. The van der Waals surface area contributed by atoms with Gasteiger partial charge in [-0.25, -0.2) is 0 Å². The van der Waals surface area contributed by atoms with Gasteiger partial charge in [-0.1, -0.05) is 0 Å². The molecule has 90 valence electrons. The summed E-state index contributed by atoms with van der Waals surface area (Å²) in [5.41, 5.74) is 0.931. The molecule has 16 heavy (non-hydrogen) atoms. The average Bonchev–Trinajstić information content (AvgIpc) is 2.66. The third-order valence-electron chi connectivity index (χ3n) is 2.18. The molecule has 0 aliphatic rings. The van der Waals surface area contributed by atoms with E-state index in [0.29, 0.717) is 6.54 Å². The Labute approximate surface area is 96.0 Å². The minimum absolute atomic E-state index is 0.0105. The Hall–Kier alpha value is -1.36. The Morgan fingerprint density at radius 3 is 2.75 bits per heavy atom. The molecule has 1 heterocycles. The summed E-state index contributed by atoms with van der Waals surface area (Å²) >= 11 is 0. The lowest BCUT2D eigenvalue weighted by Gasteiger charge is -2.21.